The van der Waals surface area contributed by atoms with E-state index in [-0.39, 0.29) is 12.4 Å². The molecule has 0 unspecified atom stereocenters. The second-order valence-electron chi connectivity index (χ2n) is 3.10. The second kappa shape index (κ2) is 5.94. The van der Waals surface area contributed by atoms with Crippen molar-refractivity contribution in [1.29, 1.82) is 0 Å². The maximum atomic E-state index is 12.0. The zero-order chi connectivity index (χ0) is 13.8. The molecule has 1 aromatic carbocycles. The van der Waals surface area contributed by atoms with Gasteiger partial charge in [0.15, 0.2) is 6.61 Å². The summed E-state index contributed by atoms with van der Waals surface area (Å²) in [5, 5.41) is 2.32. The molecule has 1 aromatic rings. The quantitative estimate of drug-likeness (QED) is 0.924. The largest absolute Gasteiger partial charge is 0.573 e. The highest BCUT2D eigenvalue weighted by molar-refractivity contribution is 9.10. The normalized spacial score (nSPS) is 10.9. The number of hydrogen-bond acceptors (Lipinski definition) is 3. The van der Waals surface area contributed by atoms with Crippen LogP contribution in [0.5, 0.6) is 11.5 Å². The molecule has 0 aromatic heterocycles. The van der Waals surface area contributed by atoms with Crippen molar-refractivity contribution in [3.8, 4) is 11.5 Å². The Labute approximate surface area is 109 Å². The van der Waals surface area contributed by atoms with Crippen LogP contribution in [0.3, 0.4) is 0 Å². The predicted molar refractivity (Wildman–Crippen MR) is 60.4 cm³/mol. The van der Waals surface area contributed by atoms with Crippen LogP contribution in [0, 0.1) is 0 Å². The Morgan fingerprint density at radius 1 is 1.44 bits per heavy atom. The molecular weight excluding hydrogens is 319 g/mol. The summed E-state index contributed by atoms with van der Waals surface area (Å²) in [7, 11) is 1.42. The highest BCUT2D eigenvalue weighted by Gasteiger charge is 2.31. The van der Waals surface area contributed by atoms with Crippen LogP contribution in [-0.4, -0.2) is 25.9 Å². The molecule has 1 rings (SSSR count). The maximum absolute atomic E-state index is 12.0. The van der Waals surface area contributed by atoms with E-state index in [1.165, 1.54) is 13.1 Å². The van der Waals surface area contributed by atoms with Crippen LogP contribution >= 0.6 is 15.9 Å². The van der Waals surface area contributed by atoms with Gasteiger partial charge in [0, 0.05) is 13.1 Å². The van der Waals surface area contributed by atoms with E-state index in [4.69, 9.17) is 4.74 Å². The summed E-state index contributed by atoms with van der Waals surface area (Å²) in [5.74, 6) is -0.734. The van der Waals surface area contributed by atoms with Gasteiger partial charge in [-0.3, -0.25) is 4.79 Å². The standard InChI is InChI=1S/C10H9BrF3NO3/c1-15-9(16)5-17-8-4-6(2-3-7(8)11)18-10(12,13)14/h2-4H,5H2,1H3,(H,15,16). The first kappa shape index (κ1) is 14.6. The van der Waals surface area contributed by atoms with Gasteiger partial charge in [-0.1, -0.05) is 0 Å². The van der Waals surface area contributed by atoms with Crippen LogP contribution in [0.2, 0.25) is 0 Å². The molecule has 0 aliphatic rings. The van der Waals surface area contributed by atoms with E-state index in [0.29, 0.717) is 4.47 Å². The summed E-state index contributed by atoms with van der Waals surface area (Å²) >= 11 is 3.09. The molecule has 18 heavy (non-hydrogen) atoms. The highest BCUT2D eigenvalue weighted by atomic mass is 79.9. The molecular formula is C10H9BrF3NO3. The predicted octanol–water partition coefficient (Wildman–Crippen LogP) is 2.47. The first-order valence-electron chi connectivity index (χ1n) is 4.70. The van der Waals surface area contributed by atoms with Crippen LogP contribution in [0.1, 0.15) is 0 Å². The zero-order valence-corrected chi connectivity index (χ0v) is 10.8. The molecule has 0 atom stereocenters. The average Bonchev–Trinajstić information content (AvgIpc) is 2.27. The Bertz CT molecular complexity index is 437. The van der Waals surface area contributed by atoms with Gasteiger partial charge in [0.25, 0.3) is 5.91 Å². The van der Waals surface area contributed by atoms with E-state index < -0.39 is 18.0 Å². The van der Waals surface area contributed by atoms with E-state index in [2.05, 4.69) is 26.0 Å². The maximum Gasteiger partial charge on any atom is 0.573 e. The number of nitrogens with one attached hydrogen (secondary N) is 1. The Hall–Kier alpha value is -1.44. The minimum absolute atomic E-state index is 0.0837. The van der Waals surface area contributed by atoms with Crippen molar-refractivity contribution < 1.29 is 27.4 Å². The summed E-state index contributed by atoms with van der Waals surface area (Å²) in [6, 6.07) is 3.51. The molecule has 0 radical (unpaired) electrons. The first-order chi connectivity index (χ1) is 8.31. The number of ether oxygens (including phenoxy) is 2. The smallest absolute Gasteiger partial charge is 0.482 e. The Morgan fingerprint density at radius 3 is 2.67 bits per heavy atom. The minimum Gasteiger partial charge on any atom is -0.482 e. The van der Waals surface area contributed by atoms with Crippen molar-refractivity contribution in [2.75, 3.05) is 13.7 Å². The number of amides is 1. The molecule has 4 nitrogen and oxygen atoms in total. The SMILES string of the molecule is CNC(=O)COc1cc(OC(F)(F)F)ccc1Br. The van der Waals surface area contributed by atoms with Gasteiger partial charge in [0.05, 0.1) is 4.47 Å². The minimum atomic E-state index is -4.77. The van der Waals surface area contributed by atoms with E-state index in [1.54, 1.807) is 0 Å². The molecule has 1 N–H and O–H groups in total. The van der Waals surface area contributed by atoms with Gasteiger partial charge in [-0.2, -0.15) is 0 Å². The number of carbonyl (C=O) groups excluding carboxylic acids is 1. The Morgan fingerprint density at radius 2 is 2.11 bits per heavy atom. The number of halogens is 4. The van der Waals surface area contributed by atoms with Crippen molar-refractivity contribution in [3.63, 3.8) is 0 Å². The summed E-state index contributed by atoms with van der Waals surface area (Å²) in [4.78, 5) is 10.9. The fourth-order valence-electron chi connectivity index (χ4n) is 1.01. The lowest BCUT2D eigenvalue weighted by atomic mass is 10.3. The van der Waals surface area contributed by atoms with Crippen LogP contribution in [-0.2, 0) is 4.79 Å². The molecule has 0 spiro atoms. The molecule has 0 heterocycles. The van der Waals surface area contributed by atoms with Gasteiger partial charge < -0.3 is 14.8 Å². The van der Waals surface area contributed by atoms with Gasteiger partial charge in [-0.05, 0) is 28.1 Å². The average molecular weight is 328 g/mol. The summed E-state index contributed by atoms with van der Waals surface area (Å²) in [6.45, 7) is -0.301. The number of hydrogen-bond donors (Lipinski definition) is 1. The number of likely N-dealkylation sites (N-methyl/N-ethyl adjacent to an activating group) is 1. The Balaban J connectivity index is 2.78. The highest BCUT2D eigenvalue weighted by Crippen LogP contribution is 2.32. The van der Waals surface area contributed by atoms with Crippen LogP contribution in [0.15, 0.2) is 22.7 Å². The lowest BCUT2D eigenvalue weighted by Crippen LogP contribution is -2.25. The number of benzene rings is 1. The zero-order valence-electron chi connectivity index (χ0n) is 9.18. The van der Waals surface area contributed by atoms with Crippen molar-refractivity contribution in [2.24, 2.45) is 0 Å². The molecule has 0 fully saturated rings. The molecule has 8 heteroatoms. The van der Waals surface area contributed by atoms with Gasteiger partial charge >= 0.3 is 6.36 Å². The molecule has 0 saturated heterocycles. The van der Waals surface area contributed by atoms with Crippen LogP contribution < -0.4 is 14.8 Å². The van der Waals surface area contributed by atoms with E-state index >= 15 is 0 Å². The number of alkyl halides is 3. The van der Waals surface area contributed by atoms with Gasteiger partial charge in [0.2, 0.25) is 0 Å². The first-order valence-corrected chi connectivity index (χ1v) is 5.50. The summed E-state index contributed by atoms with van der Waals surface area (Å²) in [5.41, 5.74) is 0. The molecule has 100 valence electrons. The summed E-state index contributed by atoms with van der Waals surface area (Å²) in [6.07, 6.45) is -4.77. The fourth-order valence-corrected chi connectivity index (χ4v) is 1.37. The van der Waals surface area contributed by atoms with E-state index in [9.17, 15) is 18.0 Å². The van der Waals surface area contributed by atoms with Gasteiger partial charge in [0.1, 0.15) is 11.5 Å². The lowest BCUT2D eigenvalue weighted by molar-refractivity contribution is -0.274. The van der Waals surface area contributed by atoms with Gasteiger partial charge in [-0.15, -0.1) is 13.2 Å². The third-order valence-corrected chi connectivity index (χ3v) is 2.43. The number of rotatable bonds is 4. The monoisotopic (exact) mass is 327 g/mol. The van der Waals surface area contributed by atoms with Crippen LogP contribution in [0.4, 0.5) is 13.2 Å². The number of carbonyl (C=O) groups is 1. The van der Waals surface area contributed by atoms with E-state index in [1.807, 2.05) is 0 Å². The fraction of sp³-hybridized carbons (Fsp3) is 0.300. The summed E-state index contributed by atoms with van der Waals surface area (Å²) < 4.78 is 45.2. The van der Waals surface area contributed by atoms with Crippen molar-refractivity contribution >= 4 is 21.8 Å². The molecule has 0 aliphatic heterocycles. The van der Waals surface area contributed by atoms with Crippen molar-refractivity contribution in [3.05, 3.63) is 22.7 Å². The Kier molecular flexibility index (Phi) is 4.83. The molecule has 0 bridgehead atoms. The molecule has 0 saturated carbocycles. The van der Waals surface area contributed by atoms with Gasteiger partial charge in [-0.25, -0.2) is 0 Å². The lowest BCUT2D eigenvalue weighted by Gasteiger charge is -2.12. The van der Waals surface area contributed by atoms with Crippen LogP contribution in [0.25, 0.3) is 0 Å². The van der Waals surface area contributed by atoms with E-state index in [0.717, 1.165) is 12.1 Å². The molecule has 0 aliphatic carbocycles. The van der Waals surface area contributed by atoms with Crippen molar-refractivity contribution in [2.45, 2.75) is 6.36 Å². The third-order valence-electron chi connectivity index (χ3n) is 1.77. The molecule has 1 amide bonds. The third kappa shape index (κ3) is 4.82. The second-order valence-corrected chi connectivity index (χ2v) is 3.96. The topological polar surface area (TPSA) is 47.6 Å². The van der Waals surface area contributed by atoms with Crippen molar-refractivity contribution in [1.82, 2.24) is 5.32 Å².